The van der Waals surface area contributed by atoms with Crippen LogP contribution in [0.2, 0.25) is 0 Å². The highest BCUT2D eigenvalue weighted by atomic mass is 32.2. The minimum absolute atomic E-state index is 0.0219. The van der Waals surface area contributed by atoms with Crippen molar-refractivity contribution in [1.82, 2.24) is 9.55 Å². The molecule has 130 valence electrons. The van der Waals surface area contributed by atoms with Crippen LogP contribution in [0.4, 0.5) is 4.39 Å². The lowest BCUT2D eigenvalue weighted by molar-refractivity contribution is 0.627. The van der Waals surface area contributed by atoms with Gasteiger partial charge in [-0.25, -0.2) is 9.37 Å². The average Bonchev–Trinajstić information content (AvgIpc) is 2.68. The van der Waals surface area contributed by atoms with Gasteiger partial charge in [0.25, 0.3) is 5.56 Å². The largest absolute Gasteiger partial charge is 0.277 e. The van der Waals surface area contributed by atoms with Gasteiger partial charge in [-0.1, -0.05) is 12.1 Å². The highest BCUT2D eigenvalue weighted by Gasteiger charge is 2.18. The van der Waals surface area contributed by atoms with E-state index in [0.29, 0.717) is 16.5 Å². The summed E-state index contributed by atoms with van der Waals surface area (Å²) in [6, 6.07) is 15.1. The molecule has 0 radical (unpaired) electrons. The topological polar surface area (TPSA) is 58.7 Å². The summed E-state index contributed by atoms with van der Waals surface area (Å²) in [5.74, 6) is 0.0134. The van der Waals surface area contributed by atoms with Crippen molar-refractivity contribution in [3.8, 4) is 23.1 Å². The molecular formula is C19H14FN3OS2. The second-order valence-electron chi connectivity index (χ2n) is 5.28. The SMILES string of the molecule is CSc1ccc(-c2nc(SC)c(C#N)c(=O)n2-c2ccc(F)cc2)cc1. The third-order valence-electron chi connectivity index (χ3n) is 3.79. The van der Waals surface area contributed by atoms with Crippen molar-refractivity contribution in [2.75, 3.05) is 12.5 Å². The van der Waals surface area contributed by atoms with Gasteiger partial charge >= 0.3 is 0 Å². The Bertz CT molecular complexity index is 1040. The Morgan fingerprint density at radius 2 is 1.69 bits per heavy atom. The fourth-order valence-electron chi connectivity index (χ4n) is 2.51. The second kappa shape index (κ2) is 7.77. The minimum atomic E-state index is -0.470. The van der Waals surface area contributed by atoms with Gasteiger partial charge < -0.3 is 0 Å². The Morgan fingerprint density at radius 1 is 1.04 bits per heavy atom. The molecule has 26 heavy (non-hydrogen) atoms. The normalized spacial score (nSPS) is 10.5. The van der Waals surface area contributed by atoms with Crippen molar-refractivity contribution in [3.63, 3.8) is 0 Å². The Morgan fingerprint density at radius 3 is 2.23 bits per heavy atom. The first-order valence-corrected chi connectivity index (χ1v) is 10.1. The van der Waals surface area contributed by atoms with Crippen LogP contribution >= 0.6 is 23.5 Å². The number of nitriles is 1. The van der Waals surface area contributed by atoms with Crippen molar-refractivity contribution in [2.45, 2.75) is 9.92 Å². The van der Waals surface area contributed by atoms with Crippen molar-refractivity contribution in [1.29, 1.82) is 5.26 Å². The highest BCUT2D eigenvalue weighted by molar-refractivity contribution is 7.98. The molecule has 0 spiro atoms. The Balaban J connectivity index is 2.33. The summed E-state index contributed by atoms with van der Waals surface area (Å²) < 4.78 is 14.7. The summed E-state index contributed by atoms with van der Waals surface area (Å²) in [5.41, 5.74) is 0.703. The zero-order valence-corrected chi connectivity index (χ0v) is 15.7. The number of rotatable bonds is 4. The van der Waals surface area contributed by atoms with Gasteiger partial charge in [0.05, 0.1) is 5.69 Å². The van der Waals surface area contributed by atoms with Crippen LogP contribution in [-0.2, 0) is 0 Å². The number of benzene rings is 2. The summed E-state index contributed by atoms with van der Waals surface area (Å²) in [4.78, 5) is 18.6. The molecule has 0 aliphatic rings. The van der Waals surface area contributed by atoms with Gasteiger partial charge in [0, 0.05) is 10.5 Å². The minimum Gasteiger partial charge on any atom is -0.267 e. The van der Waals surface area contributed by atoms with Crippen LogP contribution in [0.15, 0.2) is 63.2 Å². The van der Waals surface area contributed by atoms with E-state index in [1.807, 2.05) is 36.6 Å². The van der Waals surface area contributed by atoms with E-state index in [2.05, 4.69) is 4.98 Å². The van der Waals surface area contributed by atoms with Gasteiger partial charge in [0.15, 0.2) is 0 Å². The molecule has 1 aromatic heterocycles. The molecule has 2 aromatic carbocycles. The maximum atomic E-state index is 13.3. The van der Waals surface area contributed by atoms with Gasteiger partial charge in [-0.05, 0) is 48.9 Å². The van der Waals surface area contributed by atoms with Gasteiger partial charge in [-0.3, -0.25) is 9.36 Å². The molecule has 0 unspecified atom stereocenters. The van der Waals surface area contributed by atoms with Crippen LogP contribution in [0.5, 0.6) is 0 Å². The van der Waals surface area contributed by atoms with Crippen molar-refractivity contribution in [2.24, 2.45) is 0 Å². The molecule has 0 aliphatic heterocycles. The van der Waals surface area contributed by atoms with Crippen molar-refractivity contribution in [3.05, 3.63) is 70.3 Å². The summed E-state index contributed by atoms with van der Waals surface area (Å²) in [7, 11) is 0. The van der Waals surface area contributed by atoms with E-state index in [9.17, 15) is 14.4 Å². The summed E-state index contributed by atoms with van der Waals surface area (Å²) in [5, 5.41) is 9.77. The maximum absolute atomic E-state index is 13.3. The van der Waals surface area contributed by atoms with E-state index in [0.717, 1.165) is 10.5 Å². The first-order chi connectivity index (χ1) is 12.6. The number of nitrogens with zero attached hydrogens (tertiary/aromatic N) is 3. The highest BCUT2D eigenvalue weighted by Crippen LogP contribution is 2.26. The van der Waals surface area contributed by atoms with E-state index in [-0.39, 0.29) is 5.56 Å². The smallest absolute Gasteiger partial charge is 0.267 e. The van der Waals surface area contributed by atoms with Crippen LogP contribution < -0.4 is 5.56 Å². The maximum Gasteiger partial charge on any atom is 0.277 e. The monoisotopic (exact) mass is 383 g/mol. The number of thioether (sulfide) groups is 2. The zero-order valence-electron chi connectivity index (χ0n) is 14.1. The van der Waals surface area contributed by atoms with E-state index in [1.165, 1.54) is 40.6 Å². The molecule has 0 fully saturated rings. The van der Waals surface area contributed by atoms with Crippen molar-refractivity contribution < 1.29 is 4.39 Å². The molecule has 0 bridgehead atoms. The van der Waals surface area contributed by atoms with Gasteiger partial charge in [0.1, 0.15) is 28.3 Å². The molecule has 0 amide bonds. The molecule has 3 rings (SSSR count). The molecular weight excluding hydrogens is 369 g/mol. The first kappa shape index (κ1) is 18.2. The predicted molar refractivity (Wildman–Crippen MR) is 104 cm³/mol. The van der Waals surface area contributed by atoms with Crippen LogP contribution in [-0.4, -0.2) is 22.1 Å². The standard InChI is InChI=1S/C19H14FN3OS2/c1-25-15-9-3-12(4-10-15)17-22-18(26-2)16(11-21)19(24)23(17)14-7-5-13(20)6-8-14/h3-10H,1-2H3. The Kier molecular flexibility index (Phi) is 5.45. The molecule has 0 N–H and O–H groups in total. The molecule has 0 saturated carbocycles. The molecule has 4 nitrogen and oxygen atoms in total. The fourth-order valence-corrected chi connectivity index (χ4v) is 3.43. The molecule has 3 aromatic rings. The molecule has 0 saturated heterocycles. The van der Waals surface area contributed by atoms with E-state index >= 15 is 0 Å². The number of aromatic nitrogens is 2. The quantitative estimate of drug-likeness (QED) is 0.495. The van der Waals surface area contributed by atoms with Gasteiger partial charge in [-0.15, -0.1) is 23.5 Å². The lowest BCUT2D eigenvalue weighted by Crippen LogP contribution is -2.25. The van der Waals surface area contributed by atoms with Crippen LogP contribution in [0, 0.1) is 17.1 Å². The lowest BCUT2D eigenvalue weighted by Gasteiger charge is -2.15. The van der Waals surface area contributed by atoms with E-state index in [1.54, 1.807) is 18.0 Å². The van der Waals surface area contributed by atoms with E-state index < -0.39 is 11.4 Å². The average molecular weight is 383 g/mol. The van der Waals surface area contributed by atoms with Crippen molar-refractivity contribution >= 4 is 23.5 Å². The fraction of sp³-hybridized carbons (Fsp3) is 0.105. The molecule has 1 heterocycles. The first-order valence-electron chi connectivity index (χ1n) is 7.60. The van der Waals surface area contributed by atoms with E-state index in [4.69, 9.17) is 0 Å². The summed E-state index contributed by atoms with van der Waals surface area (Å²) in [6.07, 6.45) is 3.75. The third-order valence-corrected chi connectivity index (χ3v) is 5.21. The van der Waals surface area contributed by atoms with Crippen LogP contribution in [0.25, 0.3) is 17.1 Å². The zero-order chi connectivity index (χ0) is 18.7. The van der Waals surface area contributed by atoms with Crippen LogP contribution in [0.1, 0.15) is 5.56 Å². The number of halogens is 1. The Hall–Kier alpha value is -2.56. The molecule has 7 heteroatoms. The van der Waals surface area contributed by atoms with Gasteiger partial charge in [-0.2, -0.15) is 5.26 Å². The van der Waals surface area contributed by atoms with Crippen LogP contribution in [0.3, 0.4) is 0 Å². The third kappa shape index (κ3) is 3.39. The molecule has 0 atom stereocenters. The lowest BCUT2D eigenvalue weighted by atomic mass is 10.2. The second-order valence-corrected chi connectivity index (χ2v) is 6.95. The summed E-state index contributed by atoms with van der Waals surface area (Å²) in [6.45, 7) is 0. The summed E-state index contributed by atoms with van der Waals surface area (Å²) >= 11 is 2.86. The predicted octanol–water partition coefficient (Wildman–Crippen LogP) is 4.35. The number of hydrogen-bond donors (Lipinski definition) is 0. The van der Waals surface area contributed by atoms with Gasteiger partial charge in [0.2, 0.25) is 0 Å². The number of hydrogen-bond acceptors (Lipinski definition) is 5. The Labute approximate surface area is 158 Å². The molecule has 0 aliphatic carbocycles.